The van der Waals surface area contributed by atoms with E-state index in [1.807, 2.05) is 12.1 Å². The molecule has 0 bridgehead atoms. The first kappa shape index (κ1) is 17.8. The number of primary amides is 1. The van der Waals surface area contributed by atoms with Crippen molar-refractivity contribution in [2.24, 2.45) is 12.8 Å². The van der Waals surface area contributed by atoms with E-state index in [1.165, 1.54) is 7.11 Å². The van der Waals surface area contributed by atoms with E-state index in [1.54, 1.807) is 36.1 Å². The Labute approximate surface area is 164 Å². The number of nitrogens with zero attached hydrogens (tertiary/aromatic N) is 4. The van der Waals surface area contributed by atoms with Crippen molar-refractivity contribution in [1.29, 1.82) is 0 Å². The number of aryl methyl sites for hydroxylation is 1. The van der Waals surface area contributed by atoms with Gasteiger partial charge in [-0.3, -0.25) is 9.89 Å². The molecule has 2 aromatic carbocycles. The lowest BCUT2D eigenvalue weighted by Crippen LogP contribution is -2.12. The number of hydrogen-bond acceptors (Lipinski definition) is 6. The van der Waals surface area contributed by atoms with E-state index in [4.69, 9.17) is 22.1 Å². The predicted molar refractivity (Wildman–Crippen MR) is 106 cm³/mol. The standard InChI is InChI=1S/C18H16ClN7O2/c1-26-18(22-13-6-5-12-11(15(13)19)8-21-24-12)23-17(25-26)9-3-4-10(16(20)27)14(7-9)28-2/h3-8H,1-2H3,(H2,20,27)(H,21,24)(H,22,23,25). The highest BCUT2D eigenvalue weighted by atomic mass is 35.5. The molecule has 0 saturated heterocycles. The molecule has 0 atom stereocenters. The molecule has 28 heavy (non-hydrogen) atoms. The lowest BCUT2D eigenvalue weighted by atomic mass is 10.1. The van der Waals surface area contributed by atoms with Crippen LogP contribution in [-0.2, 0) is 7.05 Å². The number of H-pyrrole nitrogens is 1. The minimum Gasteiger partial charge on any atom is -0.496 e. The van der Waals surface area contributed by atoms with Crippen molar-refractivity contribution in [3.63, 3.8) is 0 Å². The molecule has 2 heterocycles. The van der Waals surface area contributed by atoms with Gasteiger partial charge < -0.3 is 15.8 Å². The summed E-state index contributed by atoms with van der Waals surface area (Å²) in [4.78, 5) is 16.0. The molecule has 0 radical (unpaired) electrons. The van der Waals surface area contributed by atoms with E-state index in [2.05, 4.69) is 25.6 Å². The van der Waals surface area contributed by atoms with Crippen LogP contribution in [0.5, 0.6) is 5.75 Å². The average molecular weight is 398 g/mol. The lowest BCUT2D eigenvalue weighted by Gasteiger charge is -2.07. The van der Waals surface area contributed by atoms with Gasteiger partial charge in [-0.05, 0) is 24.3 Å². The molecular formula is C18H16ClN7O2. The van der Waals surface area contributed by atoms with Crippen molar-refractivity contribution < 1.29 is 9.53 Å². The molecule has 142 valence electrons. The number of hydrogen-bond donors (Lipinski definition) is 3. The summed E-state index contributed by atoms with van der Waals surface area (Å²) in [6.45, 7) is 0. The van der Waals surface area contributed by atoms with Crippen molar-refractivity contribution in [2.75, 3.05) is 12.4 Å². The number of rotatable bonds is 5. The molecule has 10 heteroatoms. The third-order valence-electron chi connectivity index (χ3n) is 4.29. The average Bonchev–Trinajstić information content (AvgIpc) is 3.30. The Morgan fingerprint density at radius 3 is 2.89 bits per heavy atom. The number of nitrogens with two attached hydrogens (primary N) is 1. The molecule has 0 fully saturated rings. The summed E-state index contributed by atoms with van der Waals surface area (Å²) in [5, 5.41) is 15.8. The maximum atomic E-state index is 11.5. The van der Waals surface area contributed by atoms with Crippen LogP contribution in [0, 0.1) is 0 Å². The zero-order chi connectivity index (χ0) is 19.8. The molecule has 1 amide bonds. The van der Waals surface area contributed by atoms with Crippen LogP contribution in [0.15, 0.2) is 36.5 Å². The molecule has 9 nitrogen and oxygen atoms in total. The molecular weight excluding hydrogens is 382 g/mol. The normalized spacial score (nSPS) is 11.0. The summed E-state index contributed by atoms with van der Waals surface area (Å²) in [6, 6.07) is 8.68. The van der Waals surface area contributed by atoms with Crippen LogP contribution >= 0.6 is 11.6 Å². The molecule has 4 aromatic rings. The van der Waals surface area contributed by atoms with E-state index in [-0.39, 0.29) is 0 Å². The Hall–Kier alpha value is -3.59. The van der Waals surface area contributed by atoms with Gasteiger partial charge in [-0.2, -0.15) is 10.1 Å². The van der Waals surface area contributed by atoms with E-state index in [0.29, 0.717) is 39.4 Å². The fraction of sp³-hybridized carbons (Fsp3) is 0.111. The quantitative estimate of drug-likeness (QED) is 0.475. The van der Waals surface area contributed by atoms with Crippen molar-refractivity contribution >= 4 is 40.0 Å². The number of nitrogens with one attached hydrogen (secondary N) is 2. The van der Waals surface area contributed by atoms with E-state index >= 15 is 0 Å². The number of carbonyl (C=O) groups excluding carboxylic acids is 1. The second-order valence-corrected chi connectivity index (χ2v) is 6.42. The van der Waals surface area contributed by atoms with Crippen LogP contribution in [0.4, 0.5) is 11.6 Å². The smallest absolute Gasteiger partial charge is 0.252 e. The summed E-state index contributed by atoms with van der Waals surface area (Å²) < 4.78 is 6.84. The Balaban J connectivity index is 1.68. The molecule has 0 spiro atoms. The molecule has 2 aromatic heterocycles. The van der Waals surface area contributed by atoms with Crippen molar-refractivity contribution in [2.45, 2.75) is 0 Å². The van der Waals surface area contributed by atoms with Crippen molar-refractivity contribution in [3.05, 3.63) is 47.1 Å². The molecule has 4 N–H and O–H groups in total. The Morgan fingerprint density at radius 1 is 1.32 bits per heavy atom. The minimum atomic E-state index is -0.566. The number of fused-ring (bicyclic) bond motifs is 1. The predicted octanol–water partition coefficient (Wildman–Crippen LogP) is 2.86. The van der Waals surface area contributed by atoms with Gasteiger partial charge in [0.25, 0.3) is 5.91 Å². The first-order valence-electron chi connectivity index (χ1n) is 8.25. The number of aromatic amines is 1. The summed E-state index contributed by atoms with van der Waals surface area (Å²) in [6.07, 6.45) is 1.66. The van der Waals surface area contributed by atoms with Crippen molar-refractivity contribution in [1.82, 2.24) is 25.0 Å². The van der Waals surface area contributed by atoms with Gasteiger partial charge in [0.2, 0.25) is 5.95 Å². The molecule has 0 aliphatic rings. The number of halogens is 1. The molecule has 0 unspecified atom stereocenters. The third kappa shape index (κ3) is 3.01. The number of amides is 1. The third-order valence-corrected chi connectivity index (χ3v) is 4.70. The Bertz CT molecular complexity index is 1200. The highest BCUT2D eigenvalue weighted by Crippen LogP contribution is 2.32. The highest BCUT2D eigenvalue weighted by molar-refractivity contribution is 6.38. The second kappa shape index (κ2) is 6.86. The van der Waals surface area contributed by atoms with Crippen LogP contribution in [0.25, 0.3) is 22.3 Å². The fourth-order valence-corrected chi connectivity index (χ4v) is 3.11. The van der Waals surface area contributed by atoms with Gasteiger partial charge in [0, 0.05) is 18.0 Å². The largest absolute Gasteiger partial charge is 0.496 e. The van der Waals surface area contributed by atoms with Crippen LogP contribution in [0.1, 0.15) is 10.4 Å². The number of methoxy groups -OCH3 is 1. The number of aromatic nitrogens is 5. The fourth-order valence-electron chi connectivity index (χ4n) is 2.85. The number of ether oxygens (including phenoxy) is 1. The Morgan fingerprint density at radius 2 is 2.14 bits per heavy atom. The van der Waals surface area contributed by atoms with E-state index in [9.17, 15) is 4.79 Å². The monoisotopic (exact) mass is 397 g/mol. The maximum Gasteiger partial charge on any atom is 0.252 e. The number of carbonyl (C=O) groups is 1. The SMILES string of the molecule is COc1cc(-c2nc(Nc3ccc4[nH]ncc4c3Cl)n(C)n2)ccc1C(N)=O. The van der Waals surface area contributed by atoms with Gasteiger partial charge >= 0.3 is 0 Å². The van der Waals surface area contributed by atoms with Crippen LogP contribution < -0.4 is 15.8 Å². The zero-order valence-corrected chi connectivity index (χ0v) is 15.8. The minimum absolute atomic E-state index is 0.292. The van der Waals surface area contributed by atoms with Crippen LogP contribution in [0.2, 0.25) is 5.02 Å². The van der Waals surface area contributed by atoms with Gasteiger partial charge in [-0.1, -0.05) is 17.7 Å². The maximum absolute atomic E-state index is 11.5. The first-order chi connectivity index (χ1) is 13.5. The highest BCUT2D eigenvalue weighted by Gasteiger charge is 2.16. The van der Waals surface area contributed by atoms with Gasteiger partial charge in [0.1, 0.15) is 5.75 Å². The first-order valence-corrected chi connectivity index (χ1v) is 8.63. The van der Waals surface area contributed by atoms with Gasteiger partial charge in [0.15, 0.2) is 5.82 Å². The summed E-state index contributed by atoms with van der Waals surface area (Å²) >= 11 is 6.46. The topological polar surface area (TPSA) is 124 Å². The zero-order valence-electron chi connectivity index (χ0n) is 15.0. The van der Waals surface area contributed by atoms with Crippen LogP contribution in [-0.4, -0.2) is 38.0 Å². The summed E-state index contributed by atoms with van der Waals surface area (Å²) in [5.74, 6) is 0.752. The van der Waals surface area contributed by atoms with Gasteiger partial charge in [-0.25, -0.2) is 4.68 Å². The Kier molecular flexibility index (Phi) is 4.36. The molecule has 0 aliphatic heterocycles. The number of benzene rings is 2. The molecule has 0 saturated carbocycles. The van der Waals surface area contributed by atoms with Crippen LogP contribution in [0.3, 0.4) is 0 Å². The van der Waals surface area contributed by atoms with Crippen molar-refractivity contribution in [3.8, 4) is 17.1 Å². The summed E-state index contributed by atoms with van der Waals surface area (Å²) in [7, 11) is 3.23. The number of anilines is 2. The van der Waals surface area contributed by atoms with E-state index < -0.39 is 5.91 Å². The summed E-state index contributed by atoms with van der Waals surface area (Å²) in [5.41, 5.74) is 7.85. The molecule has 4 rings (SSSR count). The van der Waals surface area contributed by atoms with E-state index in [0.717, 1.165) is 10.9 Å². The second-order valence-electron chi connectivity index (χ2n) is 6.05. The molecule has 0 aliphatic carbocycles. The van der Waals surface area contributed by atoms with Gasteiger partial charge in [0.05, 0.1) is 35.1 Å². The van der Waals surface area contributed by atoms with Gasteiger partial charge in [-0.15, -0.1) is 5.10 Å². The lowest BCUT2D eigenvalue weighted by molar-refractivity contribution is 0.0997.